The van der Waals surface area contributed by atoms with Gasteiger partial charge < -0.3 is 14.5 Å². The van der Waals surface area contributed by atoms with E-state index in [0.717, 1.165) is 33.9 Å². The van der Waals surface area contributed by atoms with Crippen LogP contribution in [0.2, 0.25) is 0 Å². The summed E-state index contributed by atoms with van der Waals surface area (Å²) in [5.74, 6) is 1.46. The van der Waals surface area contributed by atoms with Gasteiger partial charge in [-0.3, -0.25) is 4.79 Å². The Morgan fingerprint density at radius 1 is 1.00 bits per heavy atom. The van der Waals surface area contributed by atoms with Crippen LogP contribution >= 0.6 is 0 Å². The summed E-state index contributed by atoms with van der Waals surface area (Å²) in [7, 11) is 0. The maximum Gasteiger partial charge on any atom is 0.262 e. The first-order chi connectivity index (χ1) is 16.6. The lowest BCUT2D eigenvalue weighted by molar-refractivity contribution is -0.118. The summed E-state index contributed by atoms with van der Waals surface area (Å²) < 4.78 is 11.7. The maximum absolute atomic E-state index is 12.5. The molecule has 1 aromatic heterocycles. The molecule has 0 saturated carbocycles. The van der Waals surface area contributed by atoms with E-state index in [-0.39, 0.29) is 12.5 Å². The fourth-order valence-electron chi connectivity index (χ4n) is 3.99. The first kappa shape index (κ1) is 21.7. The Morgan fingerprint density at radius 2 is 1.82 bits per heavy atom. The quantitative estimate of drug-likeness (QED) is 0.285. The van der Waals surface area contributed by atoms with Gasteiger partial charge in [0.15, 0.2) is 12.2 Å². The topological polar surface area (TPSA) is 64.4 Å². The number of hydrogen-bond acceptors (Lipinski definition) is 4. The number of aromatic nitrogens is 1. The molecule has 0 aliphatic heterocycles. The minimum atomic E-state index is -0.230. The SMILES string of the molecule is CC[C@H](C)c1ccc(OCC(=O)Nc2cccc(-c3nc4c(ccc5ccccc54)o3)c2)cc1. The molecule has 0 aliphatic rings. The van der Waals surface area contributed by atoms with Crippen LogP contribution in [0.25, 0.3) is 33.3 Å². The van der Waals surface area contributed by atoms with Crippen molar-refractivity contribution in [3.05, 3.63) is 90.5 Å². The molecule has 1 atom stereocenters. The fourth-order valence-corrected chi connectivity index (χ4v) is 3.99. The lowest BCUT2D eigenvalue weighted by Gasteiger charge is -2.11. The molecule has 1 amide bonds. The van der Waals surface area contributed by atoms with Gasteiger partial charge in [-0.1, -0.05) is 62.4 Å². The number of hydrogen-bond donors (Lipinski definition) is 1. The van der Waals surface area contributed by atoms with E-state index >= 15 is 0 Å². The molecule has 1 heterocycles. The Labute approximate surface area is 198 Å². The number of nitrogens with zero attached hydrogens (tertiary/aromatic N) is 1. The molecule has 4 aromatic carbocycles. The van der Waals surface area contributed by atoms with Gasteiger partial charge in [0.25, 0.3) is 5.91 Å². The second-order valence-corrected chi connectivity index (χ2v) is 8.45. The van der Waals surface area contributed by atoms with Gasteiger partial charge in [-0.25, -0.2) is 4.98 Å². The van der Waals surface area contributed by atoms with Crippen molar-refractivity contribution >= 4 is 33.5 Å². The molecule has 0 radical (unpaired) electrons. The molecule has 0 aliphatic carbocycles. The molecule has 0 bridgehead atoms. The smallest absolute Gasteiger partial charge is 0.262 e. The standard InChI is InChI=1S/C29H26N2O3/c1-3-19(2)20-11-14-24(15-12-20)33-18-27(32)30-23-9-6-8-22(17-23)29-31-28-25-10-5-4-7-21(25)13-16-26(28)34-29/h4-17,19H,3,18H2,1-2H3,(H,30,32)/t19-/m0/s1. The average molecular weight is 451 g/mol. The number of carbonyl (C=O) groups excluding carboxylic acids is 1. The molecule has 5 heteroatoms. The van der Waals surface area contributed by atoms with E-state index in [1.807, 2.05) is 66.7 Å². The number of oxazole rings is 1. The highest BCUT2D eigenvalue weighted by Gasteiger charge is 2.12. The predicted molar refractivity (Wildman–Crippen MR) is 136 cm³/mol. The monoisotopic (exact) mass is 450 g/mol. The zero-order valence-electron chi connectivity index (χ0n) is 19.2. The number of carbonyl (C=O) groups is 1. The van der Waals surface area contributed by atoms with Crippen molar-refractivity contribution in [2.45, 2.75) is 26.2 Å². The van der Waals surface area contributed by atoms with Gasteiger partial charge in [-0.2, -0.15) is 0 Å². The van der Waals surface area contributed by atoms with Crippen LogP contribution in [-0.4, -0.2) is 17.5 Å². The van der Waals surface area contributed by atoms with Crippen LogP contribution < -0.4 is 10.1 Å². The third kappa shape index (κ3) is 4.50. The zero-order valence-corrected chi connectivity index (χ0v) is 19.2. The molecule has 5 aromatic rings. The summed E-state index contributed by atoms with van der Waals surface area (Å²) in [5, 5.41) is 5.06. The lowest BCUT2D eigenvalue weighted by atomic mass is 9.99. The second kappa shape index (κ2) is 9.40. The molecule has 0 spiro atoms. The number of ether oxygens (including phenoxy) is 1. The van der Waals surface area contributed by atoms with Crippen LogP contribution in [0.3, 0.4) is 0 Å². The Kier molecular flexibility index (Phi) is 6.00. The van der Waals surface area contributed by atoms with Gasteiger partial charge in [0.1, 0.15) is 11.3 Å². The van der Waals surface area contributed by atoms with Crippen molar-refractivity contribution < 1.29 is 13.9 Å². The Balaban J connectivity index is 1.28. The first-order valence-electron chi connectivity index (χ1n) is 11.5. The summed E-state index contributed by atoms with van der Waals surface area (Å²) >= 11 is 0. The largest absolute Gasteiger partial charge is 0.484 e. The summed E-state index contributed by atoms with van der Waals surface area (Å²) in [4.78, 5) is 17.2. The van der Waals surface area contributed by atoms with Gasteiger partial charge in [0, 0.05) is 16.6 Å². The van der Waals surface area contributed by atoms with E-state index < -0.39 is 0 Å². The van der Waals surface area contributed by atoms with E-state index in [4.69, 9.17) is 14.1 Å². The van der Waals surface area contributed by atoms with E-state index in [0.29, 0.717) is 23.2 Å². The lowest BCUT2D eigenvalue weighted by Crippen LogP contribution is -2.20. The van der Waals surface area contributed by atoms with Crippen LogP contribution in [0.15, 0.2) is 89.3 Å². The average Bonchev–Trinajstić information content (AvgIpc) is 3.33. The summed E-state index contributed by atoms with van der Waals surface area (Å²) in [5.41, 5.74) is 4.28. The summed E-state index contributed by atoms with van der Waals surface area (Å²) in [6.07, 6.45) is 1.09. The van der Waals surface area contributed by atoms with Crippen LogP contribution in [0, 0.1) is 0 Å². The van der Waals surface area contributed by atoms with Crippen LogP contribution in [-0.2, 0) is 4.79 Å². The number of amides is 1. The fraction of sp³-hybridized carbons (Fsp3) is 0.172. The van der Waals surface area contributed by atoms with Gasteiger partial charge in [-0.05, 0) is 59.7 Å². The number of rotatable bonds is 7. The molecule has 0 unspecified atom stereocenters. The van der Waals surface area contributed by atoms with Gasteiger partial charge in [0.05, 0.1) is 0 Å². The van der Waals surface area contributed by atoms with Crippen molar-refractivity contribution in [1.29, 1.82) is 0 Å². The molecule has 1 N–H and O–H groups in total. The summed E-state index contributed by atoms with van der Waals surface area (Å²) in [6.45, 7) is 4.29. The normalized spacial score (nSPS) is 12.1. The van der Waals surface area contributed by atoms with E-state index in [1.165, 1.54) is 5.56 Å². The second-order valence-electron chi connectivity index (χ2n) is 8.45. The number of benzene rings is 4. The van der Waals surface area contributed by atoms with E-state index in [9.17, 15) is 4.79 Å². The van der Waals surface area contributed by atoms with E-state index in [2.05, 4.69) is 37.4 Å². The molecule has 170 valence electrons. The van der Waals surface area contributed by atoms with Crippen LogP contribution in [0.4, 0.5) is 5.69 Å². The predicted octanol–water partition coefficient (Wildman–Crippen LogP) is 7.18. The van der Waals surface area contributed by atoms with Gasteiger partial charge >= 0.3 is 0 Å². The number of nitrogens with one attached hydrogen (secondary N) is 1. The zero-order chi connectivity index (χ0) is 23.5. The molecule has 0 fully saturated rings. The van der Waals surface area contributed by atoms with Crippen molar-refractivity contribution in [2.75, 3.05) is 11.9 Å². The molecule has 0 saturated heterocycles. The minimum Gasteiger partial charge on any atom is -0.484 e. The van der Waals surface area contributed by atoms with Crippen LogP contribution in [0.5, 0.6) is 5.75 Å². The van der Waals surface area contributed by atoms with Crippen LogP contribution in [0.1, 0.15) is 31.7 Å². The van der Waals surface area contributed by atoms with Crippen molar-refractivity contribution in [2.24, 2.45) is 0 Å². The van der Waals surface area contributed by atoms with Gasteiger partial charge in [-0.15, -0.1) is 0 Å². The highest BCUT2D eigenvalue weighted by molar-refractivity contribution is 6.04. The minimum absolute atomic E-state index is 0.0677. The number of fused-ring (bicyclic) bond motifs is 3. The Bertz CT molecular complexity index is 1450. The molecular weight excluding hydrogens is 424 g/mol. The Morgan fingerprint density at radius 3 is 2.65 bits per heavy atom. The highest BCUT2D eigenvalue weighted by atomic mass is 16.5. The molecule has 5 rings (SSSR count). The highest BCUT2D eigenvalue weighted by Crippen LogP contribution is 2.30. The third-order valence-corrected chi connectivity index (χ3v) is 6.11. The van der Waals surface area contributed by atoms with Crippen molar-refractivity contribution in [3.63, 3.8) is 0 Å². The Hall–Kier alpha value is -4.12. The van der Waals surface area contributed by atoms with E-state index in [1.54, 1.807) is 0 Å². The number of anilines is 1. The summed E-state index contributed by atoms with van der Waals surface area (Å²) in [6, 6.07) is 27.5. The molecular formula is C29H26N2O3. The molecule has 34 heavy (non-hydrogen) atoms. The first-order valence-corrected chi connectivity index (χ1v) is 11.5. The van der Waals surface area contributed by atoms with Gasteiger partial charge in [0.2, 0.25) is 5.89 Å². The van der Waals surface area contributed by atoms with Crippen molar-refractivity contribution in [1.82, 2.24) is 4.98 Å². The molecule has 5 nitrogen and oxygen atoms in total. The maximum atomic E-state index is 12.5. The third-order valence-electron chi connectivity index (χ3n) is 6.11. The van der Waals surface area contributed by atoms with Crippen molar-refractivity contribution in [3.8, 4) is 17.2 Å².